The summed E-state index contributed by atoms with van der Waals surface area (Å²) in [4.78, 5) is 37.9. The highest BCUT2D eigenvalue weighted by Gasteiger charge is 2.19. The van der Waals surface area contributed by atoms with Crippen molar-refractivity contribution in [1.82, 2.24) is 0 Å². The summed E-state index contributed by atoms with van der Waals surface area (Å²) in [5, 5.41) is 0. The lowest BCUT2D eigenvalue weighted by atomic mass is 10.1. The molecular weight excluding hydrogens is 781 g/mol. The van der Waals surface area contributed by atoms with Crippen molar-refractivity contribution < 1.29 is 28.6 Å². The summed E-state index contributed by atoms with van der Waals surface area (Å²) in [5.74, 6) is -1.01. The van der Waals surface area contributed by atoms with Gasteiger partial charge in [0.25, 0.3) is 0 Å². The fraction of sp³-hybridized carbons (Fsp3) is 0.561. The third-order valence-corrected chi connectivity index (χ3v) is 9.82. The Kier molecular flexibility index (Phi) is 46.7. The minimum absolute atomic E-state index is 0.115. The van der Waals surface area contributed by atoms with Gasteiger partial charge in [-0.25, -0.2) is 0 Å². The van der Waals surface area contributed by atoms with Gasteiger partial charge in [0.1, 0.15) is 13.2 Å². The fourth-order valence-electron chi connectivity index (χ4n) is 6.18. The van der Waals surface area contributed by atoms with Gasteiger partial charge >= 0.3 is 17.9 Å². The first-order valence-electron chi connectivity index (χ1n) is 24.8. The van der Waals surface area contributed by atoms with E-state index in [1.165, 1.54) is 38.5 Å². The Hall–Kier alpha value is -4.45. The molecule has 1 unspecified atom stereocenters. The summed E-state index contributed by atoms with van der Waals surface area (Å²) in [7, 11) is 0. The van der Waals surface area contributed by atoms with Crippen LogP contribution < -0.4 is 0 Å². The molecule has 0 aliphatic heterocycles. The number of unbranched alkanes of at least 4 members (excludes halogenated alkanes) is 15. The first kappa shape index (κ1) is 58.6. The van der Waals surface area contributed by atoms with Gasteiger partial charge in [0.2, 0.25) is 0 Å². The van der Waals surface area contributed by atoms with Crippen molar-refractivity contribution in [2.45, 2.75) is 194 Å². The molecule has 0 rings (SSSR count). The van der Waals surface area contributed by atoms with Gasteiger partial charge in [0, 0.05) is 19.3 Å². The molecule has 0 aromatic heterocycles. The molecule has 0 heterocycles. The topological polar surface area (TPSA) is 78.9 Å². The maximum atomic E-state index is 12.8. The number of esters is 3. The highest BCUT2D eigenvalue weighted by Crippen LogP contribution is 2.13. The number of carbonyl (C=O) groups excluding carboxylic acids is 3. The van der Waals surface area contributed by atoms with Crippen molar-refractivity contribution in [2.24, 2.45) is 0 Å². The summed E-state index contributed by atoms with van der Waals surface area (Å²) in [6.07, 6.45) is 70.1. The van der Waals surface area contributed by atoms with E-state index in [4.69, 9.17) is 14.2 Å². The number of hydrogen-bond donors (Lipinski definition) is 0. The van der Waals surface area contributed by atoms with Crippen LogP contribution in [-0.2, 0) is 28.6 Å². The minimum atomic E-state index is -0.821. The highest BCUT2D eigenvalue weighted by molar-refractivity contribution is 5.71. The molecule has 0 saturated carbocycles. The van der Waals surface area contributed by atoms with Gasteiger partial charge in [-0.3, -0.25) is 14.4 Å². The minimum Gasteiger partial charge on any atom is -0.462 e. The van der Waals surface area contributed by atoms with Crippen LogP contribution in [0.2, 0.25) is 0 Å². The first-order valence-corrected chi connectivity index (χ1v) is 24.8. The van der Waals surface area contributed by atoms with E-state index in [-0.39, 0.29) is 37.5 Å². The van der Waals surface area contributed by atoms with E-state index >= 15 is 0 Å². The molecular formula is C57H88O6. The lowest BCUT2D eigenvalue weighted by Crippen LogP contribution is -2.30. The predicted octanol–water partition coefficient (Wildman–Crippen LogP) is 16.3. The SMILES string of the molecule is CC\C=C/C=C\C=C/C=C\CCCCCC(=O)OCC(COC(=O)CCCCCCCCCCC/C=C\C/C=C\C/C=C\CC)OC(=O)CCCCC\C=C/C=C\C=C/C=C\CC. The van der Waals surface area contributed by atoms with Gasteiger partial charge in [-0.15, -0.1) is 0 Å². The number of ether oxygens (including phenoxy) is 3. The molecule has 0 amide bonds. The van der Waals surface area contributed by atoms with Crippen LogP contribution in [0.25, 0.3) is 0 Å². The average Bonchev–Trinajstić information content (AvgIpc) is 3.28. The van der Waals surface area contributed by atoms with Crippen LogP contribution in [0.4, 0.5) is 0 Å². The van der Waals surface area contributed by atoms with Gasteiger partial charge < -0.3 is 14.2 Å². The number of allylic oxidation sites excluding steroid dienone is 22. The molecule has 0 aliphatic carbocycles. The van der Waals surface area contributed by atoms with Gasteiger partial charge in [-0.1, -0.05) is 212 Å². The zero-order valence-corrected chi connectivity index (χ0v) is 40.0. The Balaban J connectivity index is 4.49. The summed E-state index contributed by atoms with van der Waals surface area (Å²) in [6, 6.07) is 0. The molecule has 1 atom stereocenters. The molecule has 6 nitrogen and oxygen atoms in total. The van der Waals surface area contributed by atoms with Crippen molar-refractivity contribution in [1.29, 1.82) is 0 Å². The van der Waals surface area contributed by atoms with Gasteiger partial charge in [0.05, 0.1) is 0 Å². The third-order valence-electron chi connectivity index (χ3n) is 9.82. The van der Waals surface area contributed by atoms with E-state index in [2.05, 4.69) is 81.5 Å². The molecule has 0 N–H and O–H groups in total. The second kappa shape index (κ2) is 50.2. The number of rotatable bonds is 42. The predicted molar refractivity (Wildman–Crippen MR) is 269 cm³/mol. The van der Waals surface area contributed by atoms with Crippen LogP contribution in [0.15, 0.2) is 134 Å². The summed E-state index contributed by atoms with van der Waals surface area (Å²) >= 11 is 0. The Bertz CT molecular complexity index is 1420. The normalized spacial score (nSPS) is 13.3. The van der Waals surface area contributed by atoms with Crippen LogP contribution in [0, 0.1) is 0 Å². The molecule has 6 heteroatoms. The smallest absolute Gasteiger partial charge is 0.306 e. The second-order valence-corrected chi connectivity index (χ2v) is 15.8. The monoisotopic (exact) mass is 869 g/mol. The van der Waals surface area contributed by atoms with E-state index in [0.29, 0.717) is 19.3 Å². The second-order valence-electron chi connectivity index (χ2n) is 15.8. The van der Waals surface area contributed by atoms with Crippen LogP contribution in [0.5, 0.6) is 0 Å². The van der Waals surface area contributed by atoms with Crippen LogP contribution in [0.3, 0.4) is 0 Å². The van der Waals surface area contributed by atoms with Gasteiger partial charge in [-0.2, -0.15) is 0 Å². The van der Waals surface area contributed by atoms with E-state index in [1.54, 1.807) is 0 Å². The zero-order valence-electron chi connectivity index (χ0n) is 40.0. The zero-order chi connectivity index (χ0) is 45.8. The first-order chi connectivity index (χ1) is 31.0. The Morgan fingerprint density at radius 3 is 1.10 bits per heavy atom. The lowest BCUT2D eigenvalue weighted by molar-refractivity contribution is -0.167. The van der Waals surface area contributed by atoms with Crippen molar-refractivity contribution in [3.63, 3.8) is 0 Å². The van der Waals surface area contributed by atoms with Crippen molar-refractivity contribution in [2.75, 3.05) is 13.2 Å². The molecule has 0 fully saturated rings. The van der Waals surface area contributed by atoms with Crippen molar-refractivity contribution in [3.05, 3.63) is 134 Å². The van der Waals surface area contributed by atoms with Crippen molar-refractivity contribution >= 4 is 17.9 Å². The van der Waals surface area contributed by atoms with E-state index in [0.717, 1.165) is 103 Å². The van der Waals surface area contributed by atoms with Crippen molar-refractivity contribution in [3.8, 4) is 0 Å². The molecule has 352 valence electrons. The maximum absolute atomic E-state index is 12.8. The molecule has 0 aromatic rings. The molecule has 0 radical (unpaired) electrons. The Morgan fingerprint density at radius 2 is 0.651 bits per heavy atom. The summed E-state index contributed by atoms with van der Waals surface area (Å²) in [6.45, 7) is 6.14. The van der Waals surface area contributed by atoms with Crippen LogP contribution in [-0.4, -0.2) is 37.2 Å². The van der Waals surface area contributed by atoms with Gasteiger partial charge in [-0.05, 0) is 89.9 Å². The standard InChI is InChI=1S/C57H88O6/c1-4-7-10-13-16-19-22-25-26-27-28-29-30-33-35-38-41-44-47-50-56(59)62-53-54(63-57(60)51-48-45-42-39-36-32-24-21-18-15-12-9-6-3)52-61-55(58)49-46-43-40-37-34-31-23-20-17-14-11-8-5-2/h7-12,14-21,23-26,31-32,34,36,54H,4-6,13,22,27-30,33,35,37-53H2,1-3H3/b10-7-,11-8-,12-9-,17-14-,18-15-,19-16-,23-20-,24-21-,26-25-,34-31-,36-32-. The average molecular weight is 869 g/mol. The fourth-order valence-corrected chi connectivity index (χ4v) is 6.18. The largest absolute Gasteiger partial charge is 0.462 e. The van der Waals surface area contributed by atoms with E-state index < -0.39 is 6.10 Å². The Labute approximate surface area is 385 Å². The maximum Gasteiger partial charge on any atom is 0.306 e. The van der Waals surface area contributed by atoms with Crippen LogP contribution in [0.1, 0.15) is 188 Å². The number of carbonyl (C=O) groups is 3. The number of hydrogen-bond acceptors (Lipinski definition) is 6. The van der Waals surface area contributed by atoms with Gasteiger partial charge in [0.15, 0.2) is 6.10 Å². The van der Waals surface area contributed by atoms with E-state index in [1.807, 2.05) is 72.9 Å². The molecule has 63 heavy (non-hydrogen) atoms. The Morgan fingerprint density at radius 1 is 0.333 bits per heavy atom. The molecule has 0 bridgehead atoms. The third kappa shape index (κ3) is 48.4. The molecule has 0 aliphatic rings. The quantitative estimate of drug-likeness (QED) is 0.0200. The summed E-state index contributed by atoms with van der Waals surface area (Å²) in [5.41, 5.74) is 0. The molecule has 0 saturated heterocycles. The lowest BCUT2D eigenvalue weighted by Gasteiger charge is -2.18. The summed E-state index contributed by atoms with van der Waals surface area (Å²) < 4.78 is 16.7. The molecule has 0 spiro atoms. The molecule has 0 aromatic carbocycles. The van der Waals surface area contributed by atoms with Crippen LogP contribution >= 0.6 is 0 Å². The van der Waals surface area contributed by atoms with E-state index in [9.17, 15) is 14.4 Å². The highest BCUT2D eigenvalue weighted by atomic mass is 16.6.